The molecule has 0 spiro atoms. The Morgan fingerprint density at radius 3 is 3.09 bits per heavy atom. The number of hydrogen-bond acceptors (Lipinski definition) is 2. The predicted molar refractivity (Wildman–Crippen MR) is 40.5 cm³/mol. The van der Waals surface area contributed by atoms with E-state index in [9.17, 15) is 0 Å². The Balaban J connectivity index is 2.27. The molecule has 2 aliphatic heterocycles. The summed E-state index contributed by atoms with van der Waals surface area (Å²) >= 11 is 0. The highest BCUT2D eigenvalue weighted by atomic mass is 16.6. The van der Waals surface area contributed by atoms with E-state index >= 15 is 0 Å². The van der Waals surface area contributed by atoms with Crippen molar-refractivity contribution >= 4 is 0 Å². The SMILES string of the molecule is C#[N+]C12CCO[C@@H]1[C@@H](C)CO2. The largest absolute Gasteiger partial charge is 0.413 e. The maximum atomic E-state index is 5.51. The highest BCUT2D eigenvalue weighted by molar-refractivity contribution is 5.07. The summed E-state index contributed by atoms with van der Waals surface area (Å²) in [6.45, 7) is 8.82. The first-order chi connectivity index (χ1) is 5.28. The van der Waals surface area contributed by atoms with Crippen molar-refractivity contribution in [2.45, 2.75) is 25.2 Å². The first-order valence-electron chi connectivity index (χ1n) is 3.96. The Labute approximate surface area is 66.1 Å². The molecule has 3 heteroatoms. The molecule has 0 aromatic carbocycles. The molecule has 2 rings (SSSR count). The Kier molecular flexibility index (Phi) is 1.41. The maximum Gasteiger partial charge on any atom is 0.413 e. The summed E-state index contributed by atoms with van der Waals surface area (Å²) < 4.78 is 11.0. The molecule has 2 aliphatic rings. The van der Waals surface area contributed by atoms with Crippen LogP contribution >= 0.6 is 0 Å². The van der Waals surface area contributed by atoms with E-state index in [0.29, 0.717) is 12.5 Å². The molecule has 11 heavy (non-hydrogen) atoms. The molecular weight excluding hydrogens is 142 g/mol. The van der Waals surface area contributed by atoms with Gasteiger partial charge in [0, 0.05) is 5.92 Å². The van der Waals surface area contributed by atoms with Gasteiger partial charge in [0.15, 0.2) is 6.10 Å². The Bertz CT molecular complexity index is 211. The number of ether oxygens (including phenoxy) is 2. The highest BCUT2D eigenvalue weighted by Gasteiger charge is 2.62. The van der Waals surface area contributed by atoms with Crippen LogP contribution in [0.2, 0.25) is 0 Å². The summed E-state index contributed by atoms with van der Waals surface area (Å²) in [5.74, 6) is 0.421. The van der Waals surface area contributed by atoms with Crippen LogP contribution in [-0.2, 0) is 9.47 Å². The Hall–Kier alpha value is -0.590. The second-order valence-corrected chi connectivity index (χ2v) is 3.30. The van der Waals surface area contributed by atoms with Crippen molar-refractivity contribution in [3.05, 3.63) is 4.85 Å². The van der Waals surface area contributed by atoms with Crippen molar-refractivity contribution in [1.82, 2.24) is 0 Å². The van der Waals surface area contributed by atoms with E-state index < -0.39 is 5.72 Å². The van der Waals surface area contributed by atoms with Crippen molar-refractivity contribution in [2.75, 3.05) is 13.2 Å². The van der Waals surface area contributed by atoms with Crippen molar-refractivity contribution in [1.29, 1.82) is 0 Å². The lowest BCUT2D eigenvalue weighted by Gasteiger charge is -2.09. The fraction of sp³-hybridized carbons (Fsp3) is 0.875. The summed E-state index contributed by atoms with van der Waals surface area (Å²) in [6, 6.07) is 0. The van der Waals surface area contributed by atoms with Crippen molar-refractivity contribution in [3.8, 4) is 6.57 Å². The molecule has 0 bridgehead atoms. The summed E-state index contributed by atoms with van der Waals surface area (Å²) in [5, 5.41) is 0. The minimum atomic E-state index is -0.501. The van der Waals surface area contributed by atoms with Gasteiger partial charge in [0.1, 0.15) is 0 Å². The zero-order valence-electron chi connectivity index (χ0n) is 6.62. The van der Waals surface area contributed by atoms with E-state index in [1.807, 2.05) is 0 Å². The zero-order valence-corrected chi connectivity index (χ0v) is 6.62. The first kappa shape index (κ1) is 7.08. The van der Waals surface area contributed by atoms with Crippen LogP contribution in [0.5, 0.6) is 0 Å². The van der Waals surface area contributed by atoms with Gasteiger partial charge in [0.25, 0.3) is 6.57 Å². The number of fused-ring (bicyclic) bond motifs is 1. The molecule has 3 atom stereocenters. The second-order valence-electron chi connectivity index (χ2n) is 3.30. The van der Waals surface area contributed by atoms with Gasteiger partial charge in [0.2, 0.25) is 0 Å². The summed E-state index contributed by atoms with van der Waals surface area (Å²) in [5.41, 5.74) is -0.501. The Morgan fingerprint density at radius 2 is 2.45 bits per heavy atom. The fourth-order valence-electron chi connectivity index (χ4n) is 1.91. The van der Waals surface area contributed by atoms with Crippen molar-refractivity contribution in [3.63, 3.8) is 0 Å². The maximum absolute atomic E-state index is 5.51. The van der Waals surface area contributed by atoms with Gasteiger partial charge in [-0.2, -0.15) is 0 Å². The van der Waals surface area contributed by atoms with Gasteiger partial charge in [-0.15, -0.1) is 0 Å². The predicted octanol–water partition coefficient (Wildman–Crippen LogP) is 1.10. The van der Waals surface area contributed by atoms with Crippen LogP contribution in [0.1, 0.15) is 13.3 Å². The molecule has 0 aliphatic carbocycles. The van der Waals surface area contributed by atoms with Gasteiger partial charge in [-0.3, -0.25) is 0 Å². The normalized spacial score (nSPS) is 48.7. The second kappa shape index (κ2) is 2.20. The third-order valence-corrected chi connectivity index (χ3v) is 2.53. The first-order valence-corrected chi connectivity index (χ1v) is 3.96. The summed E-state index contributed by atoms with van der Waals surface area (Å²) in [6.07, 6.45) is 0.894. The smallest absolute Gasteiger partial charge is 0.366 e. The molecule has 0 amide bonds. The lowest BCUT2D eigenvalue weighted by Crippen LogP contribution is -2.32. The van der Waals surface area contributed by atoms with Crippen LogP contribution < -0.4 is 0 Å². The van der Waals surface area contributed by atoms with Crippen LogP contribution in [-0.4, -0.2) is 25.0 Å². The Morgan fingerprint density at radius 1 is 1.64 bits per heavy atom. The van der Waals surface area contributed by atoms with Gasteiger partial charge in [-0.1, -0.05) is 6.92 Å². The molecule has 2 heterocycles. The van der Waals surface area contributed by atoms with Gasteiger partial charge >= 0.3 is 5.72 Å². The van der Waals surface area contributed by atoms with Crippen LogP contribution in [0.3, 0.4) is 0 Å². The molecule has 1 unspecified atom stereocenters. The van der Waals surface area contributed by atoms with Crippen molar-refractivity contribution in [2.24, 2.45) is 5.92 Å². The minimum absolute atomic E-state index is 0.0903. The van der Waals surface area contributed by atoms with E-state index in [1.165, 1.54) is 0 Å². The quantitative estimate of drug-likeness (QED) is 0.521. The molecule has 60 valence electrons. The number of nitrogens with zero attached hydrogens (tertiary/aromatic N) is 1. The standard InChI is InChI=1S/C8H12NO2/c1-6-5-11-8(9-2)3-4-10-7(6)8/h2,6-7H,3-5H2,1H3/q+1/t6-,7+,8?/m0/s1. The molecule has 3 nitrogen and oxygen atoms in total. The van der Waals surface area contributed by atoms with Gasteiger partial charge in [-0.05, 0) is 4.85 Å². The average Bonchev–Trinajstić information content (AvgIpc) is 2.53. The third kappa shape index (κ3) is 0.800. The highest BCUT2D eigenvalue weighted by Crippen LogP contribution is 2.41. The number of hydrogen-bond donors (Lipinski definition) is 0. The van der Waals surface area contributed by atoms with Crippen LogP contribution in [0.15, 0.2) is 0 Å². The molecule has 0 N–H and O–H groups in total. The van der Waals surface area contributed by atoms with Gasteiger partial charge in [-0.25, -0.2) is 0 Å². The van der Waals surface area contributed by atoms with E-state index in [4.69, 9.17) is 16.0 Å². The molecule has 0 radical (unpaired) electrons. The van der Waals surface area contributed by atoms with E-state index in [-0.39, 0.29) is 6.10 Å². The topological polar surface area (TPSA) is 22.8 Å². The van der Waals surface area contributed by atoms with Crippen LogP contribution in [0, 0.1) is 12.5 Å². The van der Waals surface area contributed by atoms with E-state index in [2.05, 4.69) is 11.8 Å². The molecular formula is C8H12NO2+. The van der Waals surface area contributed by atoms with Gasteiger partial charge in [0.05, 0.1) is 19.6 Å². The van der Waals surface area contributed by atoms with Crippen LogP contribution in [0.25, 0.3) is 4.85 Å². The molecule has 2 fully saturated rings. The minimum Gasteiger partial charge on any atom is -0.366 e. The van der Waals surface area contributed by atoms with Crippen molar-refractivity contribution < 1.29 is 9.47 Å². The molecule has 2 saturated heterocycles. The molecule has 0 saturated carbocycles. The van der Waals surface area contributed by atoms with E-state index in [0.717, 1.165) is 13.0 Å². The molecule has 0 aromatic rings. The third-order valence-electron chi connectivity index (χ3n) is 2.53. The average molecular weight is 154 g/mol. The zero-order chi connectivity index (χ0) is 7.90. The van der Waals surface area contributed by atoms with Crippen LogP contribution in [0.4, 0.5) is 0 Å². The molecule has 0 aromatic heterocycles. The lowest BCUT2D eigenvalue weighted by atomic mass is 10.00. The lowest BCUT2D eigenvalue weighted by molar-refractivity contribution is 0.0135. The van der Waals surface area contributed by atoms with E-state index in [1.54, 1.807) is 0 Å². The number of rotatable bonds is 0. The summed E-state index contributed by atoms with van der Waals surface area (Å²) in [7, 11) is 0. The van der Waals surface area contributed by atoms with Gasteiger partial charge < -0.3 is 9.47 Å². The fourth-order valence-corrected chi connectivity index (χ4v) is 1.91. The summed E-state index contributed by atoms with van der Waals surface area (Å²) in [4.78, 5) is 3.78. The monoisotopic (exact) mass is 154 g/mol.